The Morgan fingerprint density at radius 1 is 1.32 bits per heavy atom. The average molecular weight is 281 g/mol. The normalized spacial score (nSPS) is 10.9. The molecule has 7 heteroatoms. The summed E-state index contributed by atoms with van der Waals surface area (Å²) in [6.45, 7) is 0.0120. The number of amides is 1. The fraction of sp³-hybridized carbons (Fsp3) is 0.250. The molecule has 1 aromatic carbocycles. The van der Waals surface area contributed by atoms with E-state index in [-0.39, 0.29) is 6.54 Å². The highest BCUT2D eigenvalue weighted by atomic mass is 32.2. The van der Waals surface area contributed by atoms with Gasteiger partial charge in [-0.15, -0.1) is 0 Å². The first kappa shape index (κ1) is 15.2. The van der Waals surface area contributed by atoms with Crippen molar-refractivity contribution in [2.24, 2.45) is 5.73 Å². The molecular weight excluding hydrogens is 266 g/mol. The molecular formula is C12H15N3O3S. The molecule has 0 saturated heterocycles. The molecule has 0 spiro atoms. The number of benzene rings is 1. The first-order valence-electron chi connectivity index (χ1n) is 5.39. The zero-order valence-corrected chi connectivity index (χ0v) is 11.5. The van der Waals surface area contributed by atoms with Gasteiger partial charge in [-0.1, -0.05) is 11.8 Å². The molecule has 0 aliphatic carbocycles. The Morgan fingerprint density at radius 2 is 1.89 bits per heavy atom. The third-order valence-electron chi connectivity index (χ3n) is 2.23. The molecule has 0 saturated carbocycles. The number of hydrogen-bond donors (Lipinski definition) is 2. The van der Waals surface area contributed by atoms with Crippen LogP contribution in [-0.4, -0.2) is 39.3 Å². The summed E-state index contributed by atoms with van der Waals surface area (Å²) >= 11 is 0. The van der Waals surface area contributed by atoms with E-state index in [1.807, 2.05) is 0 Å². The quantitative estimate of drug-likeness (QED) is 0.731. The lowest BCUT2D eigenvalue weighted by molar-refractivity contribution is 0.100. The van der Waals surface area contributed by atoms with E-state index in [0.29, 0.717) is 11.1 Å². The third kappa shape index (κ3) is 4.71. The van der Waals surface area contributed by atoms with Crippen molar-refractivity contribution in [3.8, 4) is 11.8 Å². The summed E-state index contributed by atoms with van der Waals surface area (Å²) in [5.74, 6) is 4.95. The number of rotatable bonds is 4. The van der Waals surface area contributed by atoms with Gasteiger partial charge < -0.3 is 5.73 Å². The smallest absolute Gasteiger partial charge is 0.279 e. The Morgan fingerprint density at radius 3 is 2.37 bits per heavy atom. The van der Waals surface area contributed by atoms with Gasteiger partial charge in [-0.25, -0.2) is 0 Å². The number of nitrogens with two attached hydrogens (primary N) is 1. The standard InChI is InChI=1S/C12H15N3O3S/c1-15(2)19(17,18)14-9-3-4-10-5-7-11(8-6-10)12(13)16/h5-8,14H,9H2,1-2H3,(H2,13,16). The minimum atomic E-state index is -3.45. The topological polar surface area (TPSA) is 92.5 Å². The number of hydrogen-bond acceptors (Lipinski definition) is 3. The number of primary amides is 1. The number of carbonyl (C=O) groups is 1. The Bertz CT molecular complexity index is 610. The van der Waals surface area contributed by atoms with E-state index in [1.165, 1.54) is 14.1 Å². The van der Waals surface area contributed by atoms with Gasteiger partial charge in [0, 0.05) is 25.2 Å². The Hall–Kier alpha value is -1.88. The van der Waals surface area contributed by atoms with E-state index in [1.54, 1.807) is 24.3 Å². The molecule has 19 heavy (non-hydrogen) atoms. The van der Waals surface area contributed by atoms with Crippen LogP contribution in [0.15, 0.2) is 24.3 Å². The Balaban J connectivity index is 2.62. The van der Waals surface area contributed by atoms with Gasteiger partial charge in [0.2, 0.25) is 5.91 Å². The van der Waals surface area contributed by atoms with Crippen molar-refractivity contribution in [1.29, 1.82) is 0 Å². The minimum Gasteiger partial charge on any atom is -0.366 e. The van der Waals surface area contributed by atoms with Crippen LogP contribution < -0.4 is 10.5 Å². The van der Waals surface area contributed by atoms with E-state index < -0.39 is 16.1 Å². The van der Waals surface area contributed by atoms with E-state index in [2.05, 4.69) is 16.6 Å². The molecule has 3 N–H and O–H groups in total. The second kappa shape index (κ2) is 6.33. The number of nitrogens with one attached hydrogen (secondary N) is 1. The van der Waals surface area contributed by atoms with Gasteiger partial charge >= 0.3 is 0 Å². The molecule has 0 atom stereocenters. The second-order valence-corrected chi connectivity index (χ2v) is 5.82. The van der Waals surface area contributed by atoms with E-state index in [4.69, 9.17) is 5.73 Å². The van der Waals surface area contributed by atoms with E-state index >= 15 is 0 Å². The largest absolute Gasteiger partial charge is 0.366 e. The lowest BCUT2D eigenvalue weighted by Crippen LogP contribution is -2.35. The van der Waals surface area contributed by atoms with Crippen molar-refractivity contribution in [3.05, 3.63) is 35.4 Å². The highest BCUT2D eigenvalue weighted by Crippen LogP contribution is 2.01. The third-order valence-corrected chi connectivity index (χ3v) is 3.70. The summed E-state index contributed by atoms with van der Waals surface area (Å²) in [4.78, 5) is 10.9. The van der Waals surface area contributed by atoms with Crippen molar-refractivity contribution in [3.63, 3.8) is 0 Å². The van der Waals surface area contributed by atoms with Gasteiger partial charge in [-0.05, 0) is 24.3 Å². The molecule has 0 heterocycles. The van der Waals surface area contributed by atoms with Gasteiger partial charge in [0.15, 0.2) is 0 Å². The first-order chi connectivity index (χ1) is 8.83. The Kier molecular flexibility index (Phi) is 5.06. The number of nitrogens with zero attached hydrogens (tertiary/aromatic N) is 1. The maximum Gasteiger partial charge on any atom is 0.279 e. The van der Waals surface area contributed by atoms with Crippen LogP contribution in [0, 0.1) is 11.8 Å². The summed E-state index contributed by atoms with van der Waals surface area (Å²) in [5, 5.41) is 0. The summed E-state index contributed by atoms with van der Waals surface area (Å²) in [6.07, 6.45) is 0. The van der Waals surface area contributed by atoms with Crippen LogP contribution >= 0.6 is 0 Å². The summed E-state index contributed by atoms with van der Waals surface area (Å²) in [6, 6.07) is 6.42. The summed E-state index contributed by atoms with van der Waals surface area (Å²) in [7, 11) is -0.593. The molecule has 0 unspecified atom stereocenters. The molecule has 0 bridgehead atoms. The highest BCUT2D eigenvalue weighted by Gasteiger charge is 2.10. The maximum atomic E-state index is 11.4. The highest BCUT2D eigenvalue weighted by molar-refractivity contribution is 7.87. The molecule has 0 radical (unpaired) electrons. The minimum absolute atomic E-state index is 0.0120. The predicted octanol–water partition coefficient (Wildman–Crippen LogP) is -0.467. The Labute approximate surface area is 112 Å². The van der Waals surface area contributed by atoms with Crippen LogP contribution in [0.2, 0.25) is 0 Å². The fourth-order valence-electron chi connectivity index (χ4n) is 1.12. The molecule has 1 aromatic rings. The molecule has 0 aromatic heterocycles. The van der Waals surface area contributed by atoms with Crippen LogP contribution in [0.25, 0.3) is 0 Å². The van der Waals surface area contributed by atoms with Crippen molar-refractivity contribution in [1.82, 2.24) is 9.03 Å². The van der Waals surface area contributed by atoms with Gasteiger partial charge in [0.1, 0.15) is 0 Å². The lowest BCUT2D eigenvalue weighted by Gasteiger charge is -2.09. The molecule has 0 aliphatic heterocycles. The van der Waals surface area contributed by atoms with Gasteiger partial charge in [-0.3, -0.25) is 4.79 Å². The van der Waals surface area contributed by atoms with Gasteiger partial charge in [-0.2, -0.15) is 17.4 Å². The van der Waals surface area contributed by atoms with Crippen molar-refractivity contribution in [2.75, 3.05) is 20.6 Å². The fourth-order valence-corrected chi connectivity index (χ4v) is 1.63. The SMILES string of the molecule is CN(C)S(=O)(=O)NCC#Cc1ccc(C(N)=O)cc1. The first-order valence-corrected chi connectivity index (χ1v) is 6.83. The van der Waals surface area contributed by atoms with Crippen molar-refractivity contribution in [2.45, 2.75) is 0 Å². The molecule has 6 nitrogen and oxygen atoms in total. The summed E-state index contributed by atoms with van der Waals surface area (Å²) in [5.41, 5.74) is 6.18. The van der Waals surface area contributed by atoms with Crippen molar-refractivity contribution < 1.29 is 13.2 Å². The van der Waals surface area contributed by atoms with Crippen LogP contribution in [0.3, 0.4) is 0 Å². The monoisotopic (exact) mass is 281 g/mol. The van der Waals surface area contributed by atoms with Crippen LogP contribution in [0.1, 0.15) is 15.9 Å². The average Bonchev–Trinajstić information content (AvgIpc) is 2.35. The van der Waals surface area contributed by atoms with Crippen LogP contribution in [-0.2, 0) is 10.2 Å². The lowest BCUT2D eigenvalue weighted by atomic mass is 10.1. The number of carbonyl (C=O) groups excluding carboxylic acids is 1. The zero-order chi connectivity index (χ0) is 14.5. The molecule has 102 valence electrons. The molecule has 0 fully saturated rings. The van der Waals surface area contributed by atoms with Crippen molar-refractivity contribution >= 4 is 16.1 Å². The van der Waals surface area contributed by atoms with E-state index in [9.17, 15) is 13.2 Å². The second-order valence-electron chi connectivity index (χ2n) is 3.85. The van der Waals surface area contributed by atoms with Gasteiger partial charge in [0.25, 0.3) is 10.2 Å². The van der Waals surface area contributed by atoms with E-state index in [0.717, 1.165) is 4.31 Å². The molecule has 1 rings (SSSR count). The maximum absolute atomic E-state index is 11.4. The predicted molar refractivity (Wildman–Crippen MR) is 72.4 cm³/mol. The summed E-state index contributed by atoms with van der Waals surface area (Å²) < 4.78 is 26.1. The van der Waals surface area contributed by atoms with Crippen LogP contribution in [0.5, 0.6) is 0 Å². The van der Waals surface area contributed by atoms with Crippen LogP contribution in [0.4, 0.5) is 0 Å². The van der Waals surface area contributed by atoms with Gasteiger partial charge in [0.05, 0.1) is 6.54 Å². The molecule has 0 aliphatic rings. The molecule has 1 amide bonds. The zero-order valence-electron chi connectivity index (χ0n) is 10.7.